The molecule has 0 unspecified atom stereocenters. The van der Waals surface area contributed by atoms with Gasteiger partial charge < -0.3 is 25.4 Å². The van der Waals surface area contributed by atoms with Crippen molar-refractivity contribution in [3.05, 3.63) is 60.2 Å². The summed E-state index contributed by atoms with van der Waals surface area (Å²) in [5.41, 5.74) is 1.85. The highest BCUT2D eigenvalue weighted by molar-refractivity contribution is 5.85. The number of likely N-dealkylation sites (tertiary alicyclic amines) is 1. The number of hydrogen-bond donors (Lipinski definition) is 3. The number of rotatable bonds is 14. The summed E-state index contributed by atoms with van der Waals surface area (Å²) in [4.78, 5) is 27.4. The van der Waals surface area contributed by atoms with Gasteiger partial charge in [-0.2, -0.15) is 0 Å². The first-order valence-electron chi connectivity index (χ1n) is 12.9. The van der Waals surface area contributed by atoms with Crippen molar-refractivity contribution >= 4 is 17.7 Å². The summed E-state index contributed by atoms with van der Waals surface area (Å²) in [6.45, 7) is 9.20. The van der Waals surface area contributed by atoms with Crippen LogP contribution in [0, 0.1) is 5.92 Å². The molecule has 0 spiro atoms. The van der Waals surface area contributed by atoms with E-state index in [1.54, 1.807) is 0 Å². The minimum absolute atomic E-state index is 0.162. The lowest BCUT2D eigenvalue weighted by Gasteiger charge is -2.20. The number of amides is 2. The SMILES string of the molecule is CC(C)C[C@H](NC(=O)OCc1ccccc1)C(=O)NCCNc1ccc(OCCN2CCCC2)cc1. The van der Waals surface area contributed by atoms with Crippen LogP contribution in [-0.4, -0.2) is 62.3 Å². The number of carbonyl (C=O) groups excluding carboxylic acids is 2. The Morgan fingerprint density at radius 3 is 2.39 bits per heavy atom. The van der Waals surface area contributed by atoms with Crippen molar-refractivity contribution in [3.8, 4) is 5.75 Å². The fraction of sp³-hybridized carbons (Fsp3) is 0.500. The lowest BCUT2D eigenvalue weighted by Crippen LogP contribution is -2.48. The first kappa shape index (κ1) is 27.3. The molecule has 0 aliphatic carbocycles. The van der Waals surface area contributed by atoms with Gasteiger partial charge in [-0.15, -0.1) is 0 Å². The Morgan fingerprint density at radius 1 is 0.972 bits per heavy atom. The van der Waals surface area contributed by atoms with Gasteiger partial charge in [0.25, 0.3) is 0 Å². The maximum Gasteiger partial charge on any atom is 0.408 e. The van der Waals surface area contributed by atoms with E-state index in [0.29, 0.717) is 26.1 Å². The van der Waals surface area contributed by atoms with Crippen LogP contribution in [-0.2, 0) is 16.1 Å². The monoisotopic (exact) mass is 496 g/mol. The van der Waals surface area contributed by atoms with Crippen LogP contribution in [0.15, 0.2) is 54.6 Å². The molecule has 0 radical (unpaired) electrons. The van der Waals surface area contributed by atoms with Crippen LogP contribution in [0.5, 0.6) is 5.75 Å². The van der Waals surface area contributed by atoms with Crippen molar-refractivity contribution in [3.63, 3.8) is 0 Å². The summed E-state index contributed by atoms with van der Waals surface area (Å²) in [7, 11) is 0. The van der Waals surface area contributed by atoms with Crippen molar-refractivity contribution in [2.24, 2.45) is 5.92 Å². The normalized spacial score (nSPS) is 14.3. The van der Waals surface area contributed by atoms with Crippen LogP contribution in [0.2, 0.25) is 0 Å². The quantitative estimate of drug-likeness (QED) is 0.342. The molecule has 1 heterocycles. The lowest BCUT2D eigenvalue weighted by atomic mass is 10.0. The summed E-state index contributed by atoms with van der Waals surface area (Å²) in [5.74, 6) is 0.878. The lowest BCUT2D eigenvalue weighted by molar-refractivity contribution is -0.123. The van der Waals surface area contributed by atoms with Crippen molar-refractivity contribution in [2.75, 3.05) is 44.6 Å². The summed E-state index contributed by atoms with van der Waals surface area (Å²) in [5, 5.41) is 8.91. The fourth-order valence-corrected chi connectivity index (χ4v) is 4.09. The van der Waals surface area contributed by atoms with Gasteiger partial charge in [-0.1, -0.05) is 44.2 Å². The Balaban J connectivity index is 1.34. The zero-order valence-electron chi connectivity index (χ0n) is 21.5. The van der Waals surface area contributed by atoms with E-state index in [-0.39, 0.29) is 18.4 Å². The molecule has 8 heteroatoms. The second-order valence-electron chi connectivity index (χ2n) is 9.53. The van der Waals surface area contributed by atoms with Gasteiger partial charge in [0.05, 0.1) is 0 Å². The van der Waals surface area contributed by atoms with Crippen LogP contribution in [0.1, 0.15) is 38.7 Å². The topological polar surface area (TPSA) is 91.9 Å². The van der Waals surface area contributed by atoms with E-state index >= 15 is 0 Å². The third-order valence-corrected chi connectivity index (χ3v) is 6.01. The molecule has 1 aliphatic rings. The molecule has 1 atom stereocenters. The van der Waals surface area contributed by atoms with Crippen LogP contribution in [0.3, 0.4) is 0 Å². The summed E-state index contributed by atoms with van der Waals surface area (Å²) in [6.07, 6.45) is 2.51. The van der Waals surface area contributed by atoms with Gasteiger partial charge >= 0.3 is 6.09 Å². The predicted octanol–water partition coefficient (Wildman–Crippen LogP) is 4.03. The second-order valence-corrected chi connectivity index (χ2v) is 9.53. The predicted molar refractivity (Wildman–Crippen MR) is 142 cm³/mol. The molecular formula is C28H40N4O4. The van der Waals surface area contributed by atoms with E-state index in [0.717, 1.165) is 23.5 Å². The molecule has 3 rings (SSSR count). The van der Waals surface area contributed by atoms with E-state index in [1.165, 1.54) is 25.9 Å². The number of anilines is 1. The van der Waals surface area contributed by atoms with E-state index < -0.39 is 12.1 Å². The van der Waals surface area contributed by atoms with Crippen LogP contribution < -0.4 is 20.7 Å². The Hall–Kier alpha value is -3.26. The van der Waals surface area contributed by atoms with Crippen LogP contribution >= 0.6 is 0 Å². The summed E-state index contributed by atoms with van der Waals surface area (Å²) < 4.78 is 11.1. The van der Waals surface area contributed by atoms with Gasteiger partial charge in [-0.05, 0) is 68.1 Å². The number of nitrogens with zero attached hydrogens (tertiary/aromatic N) is 1. The molecule has 2 amide bonds. The molecule has 1 saturated heterocycles. The molecule has 8 nitrogen and oxygen atoms in total. The first-order chi connectivity index (χ1) is 17.5. The molecule has 196 valence electrons. The van der Waals surface area contributed by atoms with Gasteiger partial charge in [-0.3, -0.25) is 9.69 Å². The number of benzene rings is 2. The maximum absolute atomic E-state index is 12.7. The molecule has 1 aliphatic heterocycles. The van der Waals surface area contributed by atoms with Crippen molar-refractivity contribution < 1.29 is 19.1 Å². The van der Waals surface area contributed by atoms with Crippen molar-refractivity contribution in [1.82, 2.24) is 15.5 Å². The smallest absolute Gasteiger partial charge is 0.408 e. The van der Waals surface area contributed by atoms with E-state index in [4.69, 9.17) is 9.47 Å². The largest absolute Gasteiger partial charge is 0.492 e. The standard InChI is InChI=1S/C28H40N4O4/c1-22(2)20-26(31-28(34)36-21-23-8-4-3-5-9-23)27(33)30-15-14-29-24-10-12-25(13-11-24)35-19-18-32-16-6-7-17-32/h3-5,8-13,22,26,29H,6-7,14-21H2,1-2H3,(H,30,33)(H,31,34)/t26-/m0/s1. The van der Waals surface area contributed by atoms with Crippen molar-refractivity contribution in [1.29, 1.82) is 0 Å². The van der Waals surface area contributed by atoms with E-state index in [9.17, 15) is 9.59 Å². The fourth-order valence-electron chi connectivity index (χ4n) is 4.09. The summed E-state index contributed by atoms with van der Waals surface area (Å²) in [6, 6.07) is 16.6. The molecular weight excluding hydrogens is 456 g/mol. The van der Waals surface area contributed by atoms with Gasteiger partial charge in [0.15, 0.2) is 0 Å². The molecule has 1 fully saturated rings. The average molecular weight is 497 g/mol. The number of ether oxygens (including phenoxy) is 2. The molecule has 2 aromatic carbocycles. The molecule has 2 aromatic rings. The van der Waals surface area contributed by atoms with Gasteiger partial charge in [0, 0.05) is 25.3 Å². The van der Waals surface area contributed by atoms with Gasteiger partial charge in [-0.25, -0.2) is 4.79 Å². The second kappa shape index (κ2) is 15.0. The van der Waals surface area contributed by atoms with E-state index in [2.05, 4.69) is 20.9 Å². The highest BCUT2D eigenvalue weighted by Gasteiger charge is 2.22. The first-order valence-corrected chi connectivity index (χ1v) is 12.9. The molecule has 3 N–H and O–H groups in total. The number of alkyl carbamates (subject to hydrolysis) is 1. The summed E-state index contributed by atoms with van der Waals surface area (Å²) >= 11 is 0. The van der Waals surface area contributed by atoms with Crippen molar-refractivity contribution in [2.45, 2.75) is 45.8 Å². The highest BCUT2D eigenvalue weighted by Crippen LogP contribution is 2.16. The third-order valence-electron chi connectivity index (χ3n) is 6.01. The number of carbonyl (C=O) groups is 2. The molecule has 0 saturated carbocycles. The maximum atomic E-state index is 12.7. The zero-order valence-corrected chi connectivity index (χ0v) is 21.5. The molecule has 0 bridgehead atoms. The minimum atomic E-state index is -0.648. The van der Waals surface area contributed by atoms with Gasteiger partial charge in [0.2, 0.25) is 5.91 Å². The Labute approximate surface area is 214 Å². The van der Waals surface area contributed by atoms with Gasteiger partial charge in [0.1, 0.15) is 25.0 Å². The minimum Gasteiger partial charge on any atom is -0.492 e. The Bertz CT molecular complexity index is 915. The Kier molecular flexibility index (Phi) is 11.4. The highest BCUT2D eigenvalue weighted by atomic mass is 16.5. The van der Waals surface area contributed by atoms with E-state index in [1.807, 2.05) is 68.4 Å². The van der Waals surface area contributed by atoms with Crippen LogP contribution in [0.4, 0.5) is 10.5 Å². The number of nitrogens with one attached hydrogen (secondary N) is 3. The average Bonchev–Trinajstić information content (AvgIpc) is 3.40. The van der Waals surface area contributed by atoms with Crippen LogP contribution in [0.25, 0.3) is 0 Å². The number of hydrogen-bond acceptors (Lipinski definition) is 6. The zero-order chi connectivity index (χ0) is 25.6. The molecule has 0 aromatic heterocycles. The molecule has 36 heavy (non-hydrogen) atoms. The third kappa shape index (κ3) is 10.2. The Morgan fingerprint density at radius 2 is 1.69 bits per heavy atom.